The van der Waals surface area contributed by atoms with E-state index in [4.69, 9.17) is 5.73 Å². The predicted octanol–water partition coefficient (Wildman–Crippen LogP) is 1.52. The second-order valence-corrected chi connectivity index (χ2v) is 7.34. The number of benzene rings is 2. The van der Waals surface area contributed by atoms with Crippen molar-refractivity contribution in [2.45, 2.75) is 6.18 Å². The van der Waals surface area contributed by atoms with Crippen molar-refractivity contribution >= 4 is 23.6 Å². The molecule has 1 heterocycles. The number of carbonyl (C=O) groups excluding carboxylic acids is 4. The van der Waals surface area contributed by atoms with Crippen LogP contribution in [-0.4, -0.2) is 66.2 Å². The largest absolute Gasteiger partial charge is 0.417 e. The molecule has 0 unspecified atom stereocenters. The van der Waals surface area contributed by atoms with Crippen LogP contribution >= 0.6 is 0 Å². The van der Waals surface area contributed by atoms with Crippen molar-refractivity contribution < 1.29 is 32.3 Å². The van der Waals surface area contributed by atoms with Gasteiger partial charge in [0.15, 0.2) is 0 Å². The van der Waals surface area contributed by atoms with E-state index in [0.29, 0.717) is 0 Å². The fraction of sp³-hybridized carbons (Fsp3) is 0.273. The molecule has 174 valence electrons. The topological polar surface area (TPSA) is 113 Å². The van der Waals surface area contributed by atoms with Crippen molar-refractivity contribution in [1.82, 2.24) is 15.1 Å². The van der Waals surface area contributed by atoms with E-state index in [1.807, 2.05) is 0 Å². The standard InChI is InChI=1S/C22H21F3N4O4/c23-22(24,25)17-4-2-1-3-16(17)21(33)29-11-9-28(10-12-29)18(30)13-27-20(32)15-7-5-14(6-8-15)19(26)31/h1-8H,9-13H2,(H2,26,31)(H,27,32). The van der Waals surface area contributed by atoms with Gasteiger partial charge in [-0.15, -0.1) is 0 Å². The lowest BCUT2D eigenvalue weighted by atomic mass is 10.1. The Balaban J connectivity index is 1.52. The van der Waals surface area contributed by atoms with Crippen molar-refractivity contribution in [3.63, 3.8) is 0 Å². The van der Waals surface area contributed by atoms with Crippen LogP contribution in [-0.2, 0) is 11.0 Å². The minimum absolute atomic E-state index is 0.0687. The quantitative estimate of drug-likeness (QED) is 0.702. The average Bonchev–Trinajstić information content (AvgIpc) is 2.81. The zero-order valence-electron chi connectivity index (χ0n) is 17.4. The van der Waals surface area contributed by atoms with Gasteiger partial charge < -0.3 is 20.9 Å². The van der Waals surface area contributed by atoms with Gasteiger partial charge in [-0.05, 0) is 36.4 Å². The van der Waals surface area contributed by atoms with Crippen molar-refractivity contribution in [1.29, 1.82) is 0 Å². The highest BCUT2D eigenvalue weighted by Crippen LogP contribution is 2.32. The first-order valence-corrected chi connectivity index (χ1v) is 9.99. The van der Waals surface area contributed by atoms with E-state index in [9.17, 15) is 32.3 Å². The first-order chi connectivity index (χ1) is 15.6. The molecule has 3 N–H and O–H groups in total. The molecule has 0 saturated carbocycles. The monoisotopic (exact) mass is 462 g/mol. The maximum Gasteiger partial charge on any atom is 0.417 e. The number of rotatable bonds is 5. The Bertz CT molecular complexity index is 1060. The number of nitrogens with two attached hydrogens (primary N) is 1. The second kappa shape index (κ2) is 9.72. The van der Waals surface area contributed by atoms with E-state index in [1.165, 1.54) is 46.2 Å². The smallest absolute Gasteiger partial charge is 0.366 e. The van der Waals surface area contributed by atoms with Crippen molar-refractivity contribution in [3.05, 3.63) is 70.8 Å². The molecule has 2 aromatic rings. The van der Waals surface area contributed by atoms with E-state index in [1.54, 1.807) is 0 Å². The summed E-state index contributed by atoms with van der Waals surface area (Å²) in [5.41, 5.74) is 4.20. The molecule has 2 aromatic carbocycles. The fourth-order valence-corrected chi connectivity index (χ4v) is 3.40. The summed E-state index contributed by atoms with van der Waals surface area (Å²) in [5, 5.41) is 2.48. The molecule has 1 fully saturated rings. The highest BCUT2D eigenvalue weighted by molar-refractivity contribution is 5.98. The Hall–Kier alpha value is -3.89. The van der Waals surface area contributed by atoms with Crippen molar-refractivity contribution in [2.24, 2.45) is 5.73 Å². The lowest BCUT2D eigenvalue weighted by molar-refractivity contribution is -0.138. The lowest BCUT2D eigenvalue weighted by Crippen LogP contribution is -2.52. The number of nitrogens with zero attached hydrogens (tertiary/aromatic N) is 2. The summed E-state index contributed by atoms with van der Waals surface area (Å²) in [4.78, 5) is 51.0. The molecular formula is C22H21F3N4O4. The molecule has 0 radical (unpaired) electrons. The Morgan fingerprint density at radius 2 is 1.39 bits per heavy atom. The number of nitrogens with one attached hydrogen (secondary N) is 1. The number of halogens is 3. The first-order valence-electron chi connectivity index (χ1n) is 9.99. The van der Waals surface area contributed by atoms with Crippen LogP contribution in [0.1, 0.15) is 36.6 Å². The van der Waals surface area contributed by atoms with Gasteiger partial charge in [0.25, 0.3) is 11.8 Å². The average molecular weight is 462 g/mol. The maximum absolute atomic E-state index is 13.2. The van der Waals surface area contributed by atoms with Gasteiger partial charge in [-0.25, -0.2) is 0 Å². The van der Waals surface area contributed by atoms with Crippen molar-refractivity contribution in [2.75, 3.05) is 32.7 Å². The molecule has 1 aliphatic heterocycles. The summed E-state index contributed by atoms with van der Waals surface area (Å²) in [7, 11) is 0. The second-order valence-electron chi connectivity index (χ2n) is 7.34. The van der Waals surface area contributed by atoms with Gasteiger partial charge in [-0.2, -0.15) is 13.2 Å². The van der Waals surface area contributed by atoms with Gasteiger partial charge in [0.05, 0.1) is 17.7 Å². The number of primary amides is 1. The van der Waals surface area contributed by atoms with E-state index >= 15 is 0 Å². The number of piperazine rings is 1. The number of hydrogen-bond acceptors (Lipinski definition) is 4. The van der Waals surface area contributed by atoms with Crippen LogP contribution in [0.4, 0.5) is 13.2 Å². The molecule has 4 amide bonds. The van der Waals surface area contributed by atoms with E-state index < -0.39 is 35.0 Å². The van der Waals surface area contributed by atoms with Gasteiger partial charge >= 0.3 is 6.18 Å². The third-order valence-electron chi connectivity index (χ3n) is 5.21. The zero-order chi connectivity index (χ0) is 24.2. The minimum Gasteiger partial charge on any atom is -0.366 e. The summed E-state index contributed by atoms with van der Waals surface area (Å²) < 4.78 is 39.6. The van der Waals surface area contributed by atoms with Crippen LogP contribution < -0.4 is 11.1 Å². The molecule has 0 bridgehead atoms. The Morgan fingerprint density at radius 3 is 1.97 bits per heavy atom. The molecular weight excluding hydrogens is 441 g/mol. The molecule has 0 aromatic heterocycles. The Kier molecular flexibility index (Phi) is 7.00. The summed E-state index contributed by atoms with van der Waals surface area (Å²) >= 11 is 0. The highest BCUT2D eigenvalue weighted by atomic mass is 19.4. The van der Waals surface area contributed by atoms with Crippen LogP contribution in [0.3, 0.4) is 0 Å². The molecule has 3 rings (SSSR count). The van der Waals surface area contributed by atoms with Gasteiger partial charge in [0.1, 0.15) is 0 Å². The lowest BCUT2D eigenvalue weighted by Gasteiger charge is -2.35. The minimum atomic E-state index is -4.65. The van der Waals surface area contributed by atoms with E-state index in [0.717, 1.165) is 12.1 Å². The number of carbonyl (C=O) groups is 4. The van der Waals surface area contributed by atoms with Crippen LogP contribution in [0, 0.1) is 0 Å². The zero-order valence-corrected chi connectivity index (χ0v) is 17.4. The van der Waals surface area contributed by atoms with E-state index in [-0.39, 0.29) is 49.8 Å². The summed E-state index contributed by atoms with van der Waals surface area (Å²) in [6.07, 6.45) is -4.65. The molecule has 8 nitrogen and oxygen atoms in total. The van der Waals surface area contributed by atoms with Crippen LogP contribution in [0.25, 0.3) is 0 Å². The summed E-state index contributed by atoms with van der Waals surface area (Å²) in [5.74, 6) is -2.28. The predicted molar refractivity (Wildman–Crippen MR) is 111 cm³/mol. The van der Waals surface area contributed by atoms with Crippen molar-refractivity contribution in [3.8, 4) is 0 Å². The van der Waals surface area contributed by atoms with Gasteiger partial charge in [-0.1, -0.05) is 12.1 Å². The molecule has 0 aliphatic carbocycles. The summed E-state index contributed by atoms with van der Waals surface area (Å²) in [6.45, 7) is 0.101. The number of alkyl halides is 3. The fourth-order valence-electron chi connectivity index (χ4n) is 3.40. The molecule has 0 spiro atoms. The number of hydrogen-bond donors (Lipinski definition) is 2. The van der Waals surface area contributed by atoms with Crippen LogP contribution in [0.5, 0.6) is 0 Å². The molecule has 1 aliphatic rings. The molecule has 0 atom stereocenters. The Labute approximate surface area is 187 Å². The van der Waals surface area contributed by atoms with Gasteiger partial charge in [0, 0.05) is 37.3 Å². The van der Waals surface area contributed by atoms with E-state index in [2.05, 4.69) is 5.32 Å². The molecule has 33 heavy (non-hydrogen) atoms. The summed E-state index contributed by atoms with van der Waals surface area (Å²) in [6, 6.07) is 10.2. The molecule has 1 saturated heterocycles. The van der Waals surface area contributed by atoms with Crippen LogP contribution in [0.2, 0.25) is 0 Å². The normalized spacial score (nSPS) is 14.0. The third-order valence-corrected chi connectivity index (χ3v) is 5.21. The maximum atomic E-state index is 13.2. The number of amides is 4. The third kappa shape index (κ3) is 5.68. The Morgan fingerprint density at radius 1 is 0.848 bits per heavy atom. The van der Waals surface area contributed by atoms with Crippen LogP contribution in [0.15, 0.2) is 48.5 Å². The van der Waals surface area contributed by atoms with Gasteiger partial charge in [-0.3, -0.25) is 19.2 Å². The first kappa shape index (κ1) is 23.8. The molecule has 11 heteroatoms. The SMILES string of the molecule is NC(=O)c1ccc(C(=O)NCC(=O)N2CCN(C(=O)c3ccccc3C(F)(F)F)CC2)cc1. The van der Waals surface area contributed by atoms with Gasteiger partial charge in [0.2, 0.25) is 11.8 Å². The highest BCUT2D eigenvalue weighted by Gasteiger charge is 2.36.